The van der Waals surface area contributed by atoms with Crippen molar-refractivity contribution in [2.75, 3.05) is 6.61 Å². The minimum Gasteiger partial charge on any atom is -0.462 e. The summed E-state index contributed by atoms with van der Waals surface area (Å²) in [6, 6.07) is 3.90. The summed E-state index contributed by atoms with van der Waals surface area (Å²) in [6.45, 7) is 1.82. The van der Waals surface area contributed by atoms with Gasteiger partial charge in [0.1, 0.15) is 0 Å². The van der Waals surface area contributed by atoms with E-state index in [0.717, 1.165) is 24.3 Å². The average Bonchev–Trinajstić information content (AvgIpc) is 2.17. The Morgan fingerprint density at radius 2 is 1.80 bits per heavy atom. The summed E-state index contributed by atoms with van der Waals surface area (Å²) in [5.74, 6) is -0.619. The molecule has 2 nitrogen and oxygen atoms in total. The van der Waals surface area contributed by atoms with Crippen molar-refractivity contribution >= 4 is 5.97 Å². The SMILES string of the molecule is CCOC(=O)c1ccc(C(F)(F)[18F])cc1. The molecule has 0 fully saturated rings. The number of benzene rings is 1. The molecule has 0 aliphatic rings. The van der Waals surface area contributed by atoms with Crippen LogP contribution in [-0.2, 0) is 10.9 Å². The first kappa shape index (κ1) is 11.6. The fourth-order valence-corrected chi connectivity index (χ4v) is 1.01. The summed E-state index contributed by atoms with van der Waals surface area (Å²) in [4.78, 5) is 11.1. The van der Waals surface area contributed by atoms with E-state index >= 15 is 0 Å². The number of rotatable bonds is 2. The number of hydrogen-bond donors (Lipinski definition) is 0. The molecular formula is C10H9F3O2. The van der Waals surface area contributed by atoms with Gasteiger partial charge in [-0.2, -0.15) is 13.2 Å². The summed E-state index contributed by atoms with van der Waals surface area (Å²) in [7, 11) is 0. The first-order valence-electron chi connectivity index (χ1n) is 4.29. The molecule has 0 aliphatic heterocycles. The smallest absolute Gasteiger partial charge is 0.416 e. The molecule has 5 heteroatoms. The van der Waals surface area contributed by atoms with Crippen LogP contribution in [0.1, 0.15) is 22.8 Å². The standard InChI is InChI=1S/C10H9F3O2/c1-2-15-9(14)7-3-5-8(6-4-7)10(11,12)13/h3-6H,2H2,1H3/i11-1. The maximum atomic E-state index is 12.2. The lowest BCUT2D eigenvalue weighted by molar-refractivity contribution is -0.137. The first-order valence-corrected chi connectivity index (χ1v) is 4.29. The number of alkyl halides is 3. The summed E-state index contributed by atoms with van der Waals surface area (Å²) >= 11 is 0. The lowest BCUT2D eigenvalue weighted by atomic mass is 10.1. The minimum absolute atomic E-state index is 0.116. The van der Waals surface area contributed by atoms with Gasteiger partial charge in [-0.3, -0.25) is 0 Å². The van der Waals surface area contributed by atoms with Crippen molar-refractivity contribution < 1.29 is 22.7 Å². The monoisotopic (exact) mass is 217 g/mol. The van der Waals surface area contributed by atoms with Crippen molar-refractivity contribution in [2.45, 2.75) is 13.1 Å². The van der Waals surface area contributed by atoms with Crippen molar-refractivity contribution in [2.24, 2.45) is 0 Å². The van der Waals surface area contributed by atoms with Crippen LogP contribution in [0.3, 0.4) is 0 Å². The predicted molar refractivity (Wildman–Crippen MR) is 47.4 cm³/mol. The van der Waals surface area contributed by atoms with Crippen LogP contribution in [0.4, 0.5) is 13.2 Å². The molecular weight excluding hydrogens is 208 g/mol. The summed E-state index contributed by atoms with van der Waals surface area (Å²) in [5.41, 5.74) is -0.666. The van der Waals surface area contributed by atoms with Crippen molar-refractivity contribution in [3.63, 3.8) is 0 Å². The molecule has 0 aliphatic carbocycles. The number of hydrogen-bond acceptors (Lipinski definition) is 2. The second-order valence-corrected chi connectivity index (χ2v) is 2.80. The normalized spacial score (nSPS) is 11.2. The molecule has 0 bridgehead atoms. The predicted octanol–water partition coefficient (Wildman–Crippen LogP) is 2.88. The summed E-state index contributed by atoms with van der Waals surface area (Å²) in [6.07, 6.45) is -4.38. The average molecular weight is 217 g/mol. The highest BCUT2D eigenvalue weighted by Crippen LogP contribution is 2.29. The highest BCUT2D eigenvalue weighted by atomic mass is 19.3. The number of carbonyl (C=O) groups is 1. The Morgan fingerprint density at radius 1 is 1.27 bits per heavy atom. The molecule has 0 N–H and O–H groups in total. The zero-order chi connectivity index (χ0) is 11.5. The van der Waals surface area contributed by atoms with Gasteiger partial charge in [0.25, 0.3) is 0 Å². The second kappa shape index (κ2) is 4.33. The largest absolute Gasteiger partial charge is 0.462 e. The Balaban J connectivity index is 2.86. The Hall–Kier alpha value is -1.52. The van der Waals surface area contributed by atoms with Crippen LogP contribution in [0.2, 0.25) is 0 Å². The second-order valence-electron chi connectivity index (χ2n) is 2.80. The van der Waals surface area contributed by atoms with Gasteiger partial charge in [-0.25, -0.2) is 4.79 Å². The third-order valence-electron chi connectivity index (χ3n) is 1.72. The molecule has 1 rings (SSSR count). The van der Waals surface area contributed by atoms with Crippen LogP contribution in [0.5, 0.6) is 0 Å². The van der Waals surface area contributed by atoms with Gasteiger partial charge in [0, 0.05) is 0 Å². The fraction of sp³-hybridized carbons (Fsp3) is 0.300. The van der Waals surface area contributed by atoms with E-state index in [1.54, 1.807) is 6.92 Å². The van der Waals surface area contributed by atoms with Gasteiger partial charge in [0.05, 0.1) is 17.7 Å². The van der Waals surface area contributed by atoms with E-state index in [0.29, 0.717) is 0 Å². The Bertz CT molecular complexity index is 341. The van der Waals surface area contributed by atoms with Gasteiger partial charge >= 0.3 is 12.1 Å². The van der Waals surface area contributed by atoms with Gasteiger partial charge < -0.3 is 4.74 Å². The molecule has 0 heterocycles. The van der Waals surface area contributed by atoms with Crippen LogP contribution in [0, 0.1) is 0 Å². The maximum absolute atomic E-state index is 12.2. The lowest BCUT2D eigenvalue weighted by Crippen LogP contribution is -2.07. The van der Waals surface area contributed by atoms with E-state index in [4.69, 9.17) is 0 Å². The van der Waals surface area contributed by atoms with E-state index in [1.807, 2.05) is 0 Å². The van der Waals surface area contributed by atoms with E-state index in [1.165, 1.54) is 0 Å². The number of ether oxygens (including phenoxy) is 1. The maximum Gasteiger partial charge on any atom is 0.416 e. The van der Waals surface area contributed by atoms with E-state index in [-0.39, 0.29) is 12.2 Å². The Labute approximate surface area is 84.7 Å². The summed E-state index contributed by atoms with van der Waals surface area (Å²) in [5, 5.41) is 0. The van der Waals surface area contributed by atoms with Crippen LogP contribution in [-0.4, -0.2) is 12.6 Å². The minimum atomic E-state index is -4.38. The third kappa shape index (κ3) is 2.97. The van der Waals surface area contributed by atoms with Crippen LogP contribution in [0.15, 0.2) is 24.3 Å². The molecule has 0 aromatic heterocycles. The molecule has 0 amide bonds. The number of carbonyl (C=O) groups excluding carboxylic acids is 1. The first-order chi connectivity index (χ1) is 6.95. The molecule has 0 spiro atoms. The van der Waals surface area contributed by atoms with Crippen molar-refractivity contribution in [1.29, 1.82) is 0 Å². The van der Waals surface area contributed by atoms with Gasteiger partial charge in [-0.05, 0) is 31.2 Å². The Kier molecular flexibility index (Phi) is 3.34. The molecule has 0 unspecified atom stereocenters. The third-order valence-corrected chi connectivity index (χ3v) is 1.72. The van der Waals surface area contributed by atoms with Crippen LogP contribution >= 0.6 is 0 Å². The van der Waals surface area contributed by atoms with Gasteiger partial charge in [0.15, 0.2) is 0 Å². The van der Waals surface area contributed by atoms with Crippen molar-refractivity contribution in [3.8, 4) is 0 Å². The van der Waals surface area contributed by atoms with E-state index < -0.39 is 17.7 Å². The topological polar surface area (TPSA) is 26.3 Å². The number of esters is 1. The molecule has 15 heavy (non-hydrogen) atoms. The lowest BCUT2D eigenvalue weighted by Gasteiger charge is -2.07. The molecule has 0 radical (unpaired) electrons. The zero-order valence-electron chi connectivity index (χ0n) is 7.97. The molecule has 0 atom stereocenters. The molecule has 1 aromatic rings. The molecule has 0 saturated heterocycles. The summed E-state index contributed by atoms with van der Waals surface area (Å²) < 4.78 is 41.1. The van der Waals surface area contributed by atoms with Crippen LogP contribution in [0.25, 0.3) is 0 Å². The molecule has 0 saturated carbocycles. The van der Waals surface area contributed by atoms with Gasteiger partial charge in [-0.1, -0.05) is 0 Å². The zero-order valence-corrected chi connectivity index (χ0v) is 7.97. The molecule has 1 aromatic carbocycles. The highest BCUT2D eigenvalue weighted by Gasteiger charge is 2.30. The molecule has 82 valence electrons. The van der Waals surface area contributed by atoms with E-state index in [2.05, 4.69) is 4.74 Å². The number of halogens is 3. The fourth-order valence-electron chi connectivity index (χ4n) is 1.01. The highest BCUT2D eigenvalue weighted by molar-refractivity contribution is 5.89. The van der Waals surface area contributed by atoms with Crippen molar-refractivity contribution in [3.05, 3.63) is 35.4 Å². The quantitative estimate of drug-likeness (QED) is 0.712. The van der Waals surface area contributed by atoms with Gasteiger partial charge in [-0.15, -0.1) is 0 Å². The van der Waals surface area contributed by atoms with Gasteiger partial charge in [0.2, 0.25) is 0 Å². The Morgan fingerprint density at radius 3 is 2.20 bits per heavy atom. The van der Waals surface area contributed by atoms with Crippen LogP contribution < -0.4 is 0 Å². The van der Waals surface area contributed by atoms with E-state index in [9.17, 15) is 18.0 Å². The van der Waals surface area contributed by atoms with Crippen molar-refractivity contribution in [1.82, 2.24) is 0 Å².